The molecule has 4 rings (SSSR count). The number of aromatic nitrogens is 4. The summed E-state index contributed by atoms with van der Waals surface area (Å²) in [5, 5.41) is 5.53. The lowest BCUT2D eigenvalue weighted by Gasteiger charge is -2.22. The van der Waals surface area contributed by atoms with Gasteiger partial charge in [-0.2, -0.15) is 5.01 Å². The molecule has 0 aliphatic carbocycles. The van der Waals surface area contributed by atoms with Gasteiger partial charge in [0, 0.05) is 31.1 Å². The molecule has 0 spiro atoms. The Bertz CT molecular complexity index is 1420. The fourth-order valence-electron chi connectivity index (χ4n) is 3.63. The second-order valence-electron chi connectivity index (χ2n) is 7.31. The molecule has 0 bridgehead atoms. The van der Waals surface area contributed by atoms with E-state index in [-0.39, 0.29) is 23.9 Å². The van der Waals surface area contributed by atoms with E-state index in [9.17, 15) is 14.4 Å². The van der Waals surface area contributed by atoms with Gasteiger partial charge in [0.05, 0.1) is 20.5 Å². The van der Waals surface area contributed by atoms with E-state index >= 15 is 0 Å². The summed E-state index contributed by atoms with van der Waals surface area (Å²) < 4.78 is 21.2. The summed E-state index contributed by atoms with van der Waals surface area (Å²) in [6.07, 6.45) is 0.563. The van der Waals surface area contributed by atoms with E-state index in [1.54, 1.807) is 23.7 Å². The molecule has 0 radical (unpaired) electrons. The number of nitrogens with zero attached hydrogens (tertiary/aromatic N) is 6. The van der Waals surface area contributed by atoms with Crippen LogP contribution in [-0.4, -0.2) is 49.7 Å². The maximum atomic E-state index is 12.4. The molecule has 0 fully saturated rings. The first kappa shape index (κ1) is 22.6. The Labute approximate surface area is 195 Å². The number of carbonyl (C=O) groups is 1. The zero-order chi connectivity index (χ0) is 24.0. The molecule has 1 aromatic carbocycles. The van der Waals surface area contributed by atoms with E-state index in [1.807, 2.05) is 0 Å². The number of imidazole rings is 1. The molecule has 0 N–H and O–H groups in total. The largest absolute Gasteiger partial charge is 0.493 e. The molecular weight excluding hydrogens is 500 g/mol. The number of halogens is 1. The van der Waals surface area contributed by atoms with Crippen LogP contribution in [-0.2, 0) is 30.2 Å². The highest BCUT2D eigenvalue weighted by Gasteiger charge is 2.35. The van der Waals surface area contributed by atoms with Crippen molar-refractivity contribution in [3.63, 3.8) is 0 Å². The minimum atomic E-state index is -0.863. The Balaban J connectivity index is 1.73. The van der Waals surface area contributed by atoms with Gasteiger partial charge >= 0.3 is 5.69 Å². The number of amides is 1. The van der Waals surface area contributed by atoms with Crippen molar-refractivity contribution in [2.75, 3.05) is 14.2 Å². The van der Waals surface area contributed by atoms with Crippen molar-refractivity contribution < 1.29 is 19.0 Å². The Morgan fingerprint density at radius 2 is 1.82 bits per heavy atom. The summed E-state index contributed by atoms with van der Waals surface area (Å²) in [5.74, 6) is 0.828. The van der Waals surface area contributed by atoms with Crippen LogP contribution in [0, 0.1) is 0 Å². The van der Waals surface area contributed by atoms with E-state index in [0.717, 1.165) is 4.57 Å². The maximum absolute atomic E-state index is 12.4. The topological polar surface area (TPSA) is 122 Å². The van der Waals surface area contributed by atoms with Gasteiger partial charge in [0.2, 0.25) is 18.0 Å². The molecule has 0 unspecified atom stereocenters. The third kappa shape index (κ3) is 3.67. The lowest BCUT2D eigenvalue weighted by atomic mass is 10.1. The number of methoxy groups -OCH3 is 2. The zero-order valence-corrected chi connectivity index (χ0v) is 20.1. The second-order valence-corrected chi connectivity index (χ2v) is 8.16. The van der Waals surface area contributed by atoms with Crippen molar-refractivity contribution in [1.29, 1.82) is 0 Å². The molecule has 0 saturated carbocycles. The number of benzene rings is 1. The van der Waals surface area contributed by atoms with Gasteiger partial charge < -0.3 is 18.8 Å². The third-order valence-electron chi connectivity index (χ3n) is 5.30. The molecule has 33 heavy (non-hydrogen) atoms. The molecule has 12 nitrogen and oxygen atoms in total. The van der Waals surface area contributed by atoms with Gasteiger partial charge in [-0.1, -0.05) is 15.9 Å². The Kier molecular flexibility index (Phi) is 5.74. The van der Waals surface area contributed by atoms with E-state index in [0.29, 0.717) is 27.2 Å². The van der Waals surface area contributed by atoms with Gasteiger partial charge in [-0.15, -0.1) is 5.10 Å². The smallest absolute Gasteiger partial charge is 0.332 e. The lowest BCUT2D eigenvalue weighted by molar-refractivity contribution is -0.135. The fraction of sp³-hybridized carbons (Fsp3) is 0.350. The van der Waals surface area contributed by atoms with Crippen molar-refractivity contribution in [2.45, 2.75) is 19.7 Å². The molecule has 1 aliphatic heterocycles. The monoisotopic (exact) mass is 520 g/mol. The number of ether oxygens (including phenoxy) is 3. The number of fused-ring (bicyclic) bond motifs is 1. The molecular formula is C20H21BrN6O6. The molecule has 1 amide bonds. The molecule has 2 aromatic heterocycles. The van der Waals surface area contributed by atoms with Crippen LogP contribution < -0.4 is 20.7 Å². The van der Waals surface area contributed by atoms with Crippen molar-refractivity contribution >= 4 is 38.9 Å². The first-order valence-electron chi connectivity index (χ1n) is 9.74. The number of hydrogen-bond acceptors (Lipinski definition) is 8. The quantitative estimate of drug-likeness (QED) is 0.493. The first-order valence-corrected chi connectivity index (χ1v) is 10.5. The van der Waals surface area contributed by atoms with Crippen molar-refractivity contribution in [3.05, 3.63) is 49.3 Å². The van der Waals surface area contributed by atoms with Crippen molar-refractivity contribution in [1.82, 2.24) is 23.7 Å². The van der Waals surface area contributed by atoms with Crippen LogP contribution in [0.4, 0.5) is 0 Å². The van der Waals surface area contributed by atoms with Crippen LogP contribution >= 0.6 is 15.9 Å². The summed E-state index contributed by atoms with van der Waals surface area (Å²) in [6, 6.07) is 3.41. The van der Waals surface area contributed by atoms with Crippen LogP contribution in [0.25, 0.3) is 11.2 Å². The van der Waals surface area contributed by atoms with Gasteiger partial charge in [-0.05, 0) is 12.1 Å². The summed E-state index contributed by atoms with van der Waals surface area (Å²) >= 11 is 3.49. The lowest BCUT2D eigenvalue weighted by Crippen LogP contribution is -2.37. The van der Waals surface area contributed by atoms with Crippen molar-refractivity contribution in [3.8, 4) is 11.5 Å². The average molecular weight is 521 g/mol. The van der Waals surface area contributed by atoms with Gasteiger partial charge in [-0.3, -0.25) is 18.7 Å². The third-order valence-corrected chi connectivity index (χ3v) is 5.98. The van der Waals surface area contributed by atoms with Gasteiger partial charge in [0.25, 0.3) is 5.56 Å². The number of hydrazone groups is 1. The summed E-state index contributed by atoms with van der Waals surface area (Å²) in [4.78, 5) is 41.2. The zero-order valence-electron chi connectivity index (χ0n) is 18.5. The Morgan fingerprint density at radius 3 is 2.45 bits per heavy atom. The Hall–Kier alpha value is -3.61. The highest BCUT2D eigenvalue weighted by atomic mass is 79.9. The number of hydrogen-bond donors (Lipinski definition) is 0. The number of rotatable bonds is 5. The van der Waals surface area contributed by atoms with Crippen LogP contribution in [0.5, 0.6) is 11.5 Å². The molecule has 3 aromatic rings. The van der Waals surface area contributed by atoms with Crippen LogP contribution in [0.3, 0.4) is 0 Å². The predicted octanol–water partition coefficient (Wildman–Crippen LogP) is 1.10. The molecule has 0 saturated heterocycles. The van der Waals surface area contributed by atoms with E-state index in [1.165, 1.54) is 44.1 Å². The van der Waals surface area contributed by atoms with Crippen LogP contribution in [0.15, 0.2) is 37.6 Å². The van der Waals surface area contributed by atoms with Gasteiger partial charge in [0.15, 0.2) is 17.0 Å². The van der Waals surface area contributed by atoms with E-state index in [2.05, 4.69) is 26.0 Å². The Morgan fingerprint density at radius 1 is 1.15 bits per heavy atom. The molecule has 174 valence electrons. The number of aryl methyl sites for hydroxylation is 1. The summed E-state index contributed by atoms with van der Waals surface area (Å²) in [7, 11) is 5.97. The predicted molar refractivity (Wildman–Crippen MR) is 121 cm³/mol. The summed E-state index contributed by atoms with van der Waals surface area (Å²) in [5.41, 5.74) is 0.0679. The first-order chi connectivity index (χ1) is 15.7. The summed E-state index contributed by atoms with van der Waals surface area (Å²) in [6.45, 7) is 1.42. The highest BCUT2D eigenvalue weighted by Crippen LogP contribution is 2.40. The molecule has 3 heterocycles. The second kappa shape index (κ2) is 8.39. The van der Waals surface area contributed by atoms with E-state index < -0.39 is 17.5 Å². The normalized spacial score (nSPS) is 15.5. The van der Waals surface area contributed by atoms with Gasteiger partial charge in [-0.25, -0.2) is 9.78 Å². The highest BCUT2D eigenvalue weighted by molar-refractivity contribution is 9.10. The van der Waals surface area contributed by atoms with E-state index in [4.69, 9.17) is 14.2 Å². The van der Waals surface area contributed by atoms with Crippen LogP contribution in [0.2, 0.25) is 0 Å². The van der Waals surface area contributed by atoms with Gasteiger partial charge in [0.1, 0.15) is 12.2 Å². The van der Waals surface area contributed by atoms with Crippen LogP contribution in [0.1, 0.15) is 18.7 Å². The molecule has 13 heteroatoms. The standard InChI is InChI=1S/C20H21BrN6O6/c1-10(28)27-19(11-6-13(31-4)14(32-5)7-12(11)21)33-15(23-27)8-26-9-22-16-17(26)24(2)20(30)25(3)18(16)29/h6-7,9,19H,8H2,1-5H3/t19-/m0/s1. The number of carbonyl (C=O) groups excluding carboxylic acids is 1. The minimum Gasteiger partial charge on any atom is -0.493 e. The maximum Gasteiger partial charge on any atom is 0.332 e. The molecule has 1 aliphatic rings. The minimum absolute atomic E-state index is 0.0438. The SMILES string of the molecule is COc1cc(Br)c([C@@H]2OC(Cn3cnc4c(=O)n(C)c(=O)n(C)c43)=NN2C(C)=O)cc1OC. The average Bonchev–Trinajstić information content (AvgIpc) is 3.41. The van der Waals surface area contributed by atoms with Crippen molar-refractivity contribution in [2.24, 2.45) is 19.2 Å². The molecule has 1 atom stereocenters. The fourth-order valence-corrected chi connectivity index (χ4v) is 4.15.